The first-order valence-corrected chi connectivity index (χ1v) is 8.57. The van der Waals surface area contributed by atoms with Gasteiger partial charge in [0.05, 0.1) is 16.3 Å². The van der Waals surface area contributed by atoms with Gasteiger partial charge in [-0.25, -0.2) is 9.67 Å². The van der Waals surface area contributed by atoms with E-state index in [2.05, 4.69) is 15.4 Å². The predicted molar refractivity (Wildman–Crippen MR) is 91.4 cm³/mol. The Kier molecular flexibility index (Phi) is 4.37. The molecule has 0 bridgehead atoms. The summed E-state index contributed by atoms with van der Waals surface area (Å²) in [5.74, 6) is 0.363. The highest BCUT2D eigenvalue weighted by molar-refractivity contribution is 7.16. The number of aromatic nitrogens is 4. The van der Waals surface area contributed by atoms with Crippen LogP contribution in [0.5, 0.6) is 0 Å². The number of rotatable bonds is 5. The lowest BCUT2D eigenvalue weighted by Gasteiger charge is -2.13. The lowest BCUT2D eigenvalue weighted by atomic mass is 10.2. The normalized spacial score (nSPS) is 13.0. The van der Waals surface area contributed by atoms with Crippen molar-refractivity contribution < 1.29 is 9.90 Å². The lowest BCUT2D eigenvalue weighted by Crippen LogP contribution is -2.37. The summed E-state index contributed by atoms with van der Waals surface area (Å²) in [7, 11) is 0. The van der Waals surface area contributed by atoms with Crippen LogP contribution in [0.4, 0.5) is 0 Å². The molecule has 0 saturated carbocycles. The minimum atomic E-state index is -0.643. The molecule has 128 valence electrons. The minimum Gasteiger partial charge on any atom is -0.392 e. The van der Waals surface area contributed by atoms with Crippen molar-refractivity contribution in [2.45, 2.75) is 39.3 Å². The van der Waals surface area contributed by atoms with Crippen LogP contribution < -0.4 is 10.9 Å². The highest BCUT2D eigenvalue weighted by atomic mass is 32.1. The van der Waals surface area contributed by atoms with Gasteiger partial charge >= 0.3 is 0 Å². The Balaban J connectivity index is 2.07. The highest BCUT2D eigenvalue weighted by Gasteiger charge is 2.19. The third-order valence-corrected chi connectivity index (χ3v) is 4.37. The van der Waals surface area contributed by atoms with E-state index in [9.17, 15) is 14.7 Å². The Morgan fingerprint density at radius 3 is 2.83 bits per heavy atom. The first-order valence-electron chi connectivity index (χ1n) is 7.69. The van der Waals surface area contributed by atoms with Crippen molar-refractivity contribution in [3.8, 4) is 0 Å². The van der Waals surface area contributed by atoms with Crippen LogP contribution in [-0.2, 0) is 11.3 Å². The van der Waals surface area contributed by atoms with Crippen LogP contribution in [0.3, 0.4) is 0 Å². The van der Waals surface area contributed by atoms with Crippen molar-refractivity contribution in [2.75, 3.05) is 6.54 Å². The second kappa shape index (κ2) is 6.33. The minimum absolute atomic E-state index is 0.0529. The molecule has 1 atom stereocenters. The molecule has 24 heavy (non-hydrogen) atoms. The van der Waals surface area contributed by atoms with Gasteiger partial charge in [0.25, 0.3) is 5.56 Å². The Labute approximate surface area is 141 Å². The number of nitrogens with zero attached hydrogens (tertiary/aromatic N) is 4. The molecule has 3 aromatic heterocycles. The van der Waals surface area contributed by atoms with E-state index in [1.807, 2.05) is 13.8 Å². The predicted octanol–water partition coefficient (Wildman–Crippen LogP) is 0.726. The molecular weight excluding hydrogens is 330 g/mol. The van der Waals surface area contributed by atoms with Gasteiger partial charge in [0.2, 0.25) is 5.91 Å². The number of carbonyl (C=O) groups excluding carboxylic acids is 1. The molecule has 0 fully saturated rings. The van der Waals surface area contributed by atoms with Gasteiger partial charge in [0, 0.05) is 12.5 Å². The van der Waals surface area contributed by atoms with Crippen LogP contribution in [0, 0.1) is 0 Å². The molecule has 8 nitrogen and oxygen atoms in total. The summed E-state index contributed by atoms with van der Waals surface area (Å²) >= 11 is 1.46. The molecule has 0 aromatic carbocycles. The number of thiazole rings is 1. The van der Waals surface area contributed by atoms with E-state index < -0.39 is 6.10 Å². The van der Waals surface area contributed by atoms with Crippen molar-refractivity contribution in [1.29, 1.82) is 0 Å². The van der Waals surface area contributed by atoms with E-state index in [1.165, 1.54) is 16.0 Å². The van der Waals surface area contributed by atoms with Crippen molar-refractivity contribution in [1.82, 2.24) is 24.5 Å². The molecule has 0 saturated heterocycles. The average Bonchev–Trinajstić information content (AvgIpc) is 3.09. The van der Waals surface area contributed by atoms with Gasteiger partial charge in [-0.3, -0.25) is 14.0 Å². The summed E-state index contributed by atoms with van der Waals surface area (Å²) in [5.41, 5.74) is 2.58. The molecule has 3 aromatic rings. The molecule has 0 spiro atoms. The molecular formula is C15H19N5O3S. The molecule has 0 radical (unpaired) electrons. The van der Waals surface area contributed by atoms with E-state index in [0.29, 0.717) is 17.0 Å². The number of carbonyl (C=O) groups is 1. The second-order valence-electron chi connectivity index (χ2n) is 6.03. The van der Waals surface area contributed by atoms with Crippen molar-refractivity contribution in [2.24, 2.45) is 0 Å². The fourth-order valence-corrected chi connectivity index (χ4v) is 3.18. The van der Waals surface area contributed by atoms with Crippen LogP contribution in [-0.4, -0.2) is 42.8 Å². The van der Waals surface area contributed by atoms with Crippen molar-refractivity contribution in [3.63, 3.8) is 0 Å². The van der Waals surface area contributed by atoms with Crippen LogP contribution in [0.2, 0.25) is 0 Å². The van der Waals surface area contributed by atoms with E-state index >= 15 is 0 Å². The summed E-state index contributed by atoms with van der Waals surface area (Å²) in [5, 5.41) is 16.2. The zero-order valence-electron chi connectivity index (χ0n) is 13.7. The molecule has 3 heterocycles. The summed E-state index contributed by atoms with van der Waals surface area (Å²) in [4.78, 5) is 29.0. The van der Waals surface area contributed by atoms with E-state index in [4.69, 9.17) is 0 Å². The SMILES string of the molecule is CC(C)c1nn(CC(=O)NC[C@@H](C)O)c(=O)c2cc3scnc3n12. The Morgan fingerprint density at radius 2 is 2.17 bits per heavy atom. The van der Waals surface area contributed by atoms with Crippen LogP contribution >= 0.6 is 11.3 Å². The maximum absolute atomic E-state index is 12.7. The number of aliphatic hydroxyl groups excluding tert-OH is 1. The highest BCUT2D eigenvalue weighted by Crippen LogP contribution is 2.24. The maximum atomic E-state index is 12.7. The van der Waals surface area contributed by atoms with Crippen molar-refractivity contribution >= 4 is 33.1 Å². The first-order chi connectivity index (χ1) is 11.4. The Hall–Kier alpha value is -2.26. The fraction of sp³-hybridized carbons (Fsp3) is 0.467. The zero-order chi connectivity index (χ0) is 17.4. The van der Waals surface area contributed by atoms with Gasteiger partial charge in [-0.05, 0) is 13.0 Å². The largest absolute Gasteiger partial charge is 0.392 e. The topological polar surface area (TPSA) is 102 Å². The average molecular weight is 349 g/mol. The van der Waals surface area contributed by atoms with Crippen LogP contribution in [0.25, 0.3) is 15.9 Å². The second-order valence-corrected chi connectivity index (χ2v) is 6.92. The maximum Gasteiger partial charge on any atom is 0.291 e. The molecule has 0 aliphatic carbocycles. The molecule has 1 amide bonds. The van der Waals surface area contributed by atoms with Gasteiger partial charge in [0.15, 0.2) is 5.65 Å². The summed E-state index contributed by atoms with van der Waals surface area (Å²) in [6.45, 7) is 5.48. The zero-order valence-corrected chi connectivity index (χ0v) is 14.5. The molecule has 9 heteroatoms. The van der Waals surface area contributed by atoms with Gasteiger partial charge < -0.3 is 10.4 Å². The summed E-state index contributed by atoms with van der Waals surface area (Å²) < 4.78 is 3.85. The van der Waals surface area contributed by atoms with Crippen LogP contribution in [0.15, 0.2) is 16.4 Å². The number of amides is 1. The summed E-state index contributed by atoms with van der Waals surface area (Å²) in [6.07, 6.45) is -0.643. The number of aliphatic hydroxyl groups is 1. The molecule has 0 aliphatic heterocycles. The quantitative estimate of drug-likeness (QED) is 0.707. The number of fused-ring (bicyclic) bond motifs is 3. The summed E-state index contributed by atoms with van der Waals surface area (Å²) in [6, 6.07) is 1.78. The van der Waals surface area contributed by atoms with E-state index in [-0.39, 0.29) is 30.5 Å². The standard InChI is InChI=1S/C15H19N5O3S/c1-8(2)13-18-19(6-12(22)16-5-9(3)21)15(23)10-4-11-14(20(10)13)17-7-24-11/h4,7-9,21H,5-6H2,1-3H3,(H,16,22)/t9-/m1/s1. The third-order valence-electron chi connectivity index (χ3n) is 3.61. The van der Waals surface area contributed by atoms with Gasteiger partial charge in [-0.1, -0.05) is 13.8 Å². The lowest BCUT2D eigenvalue weighted by molar-refractivity contribution is -0.122. The Morgan fingerprint density at radius 1 is 1.42 bits per heavy atom. The van der Waals surface area contributed by atoms with Gasteiger partial charge in [-0.2, -0.15) is 5.10 Å². The fourth-order valence-electron chi connectivity index (χ4n) is 2.49. The van der Waals surface area contributed by atoms with E-state index in [1.54, 1.807) is 22.9 Å². The molecule has 3 rings (SSSR count). The number of hydrogen-bond acceptors (Lipinski definition) is 6. The smallest absolute Gasteiger partial charge is 0.291 e. The number of nitrogens with one attached hydrogen (secondary N) is 1. The van der Waals surface area contributed by atoms with Gasteiger partial charge in [-0.15, -0.1) is 11.3 Å². The third kappa shape index (κ3) is 2.92. The molecule has 0 unspecified atom stereocenters. The Bertz CT molecular complexity index is 953. The van der Waals surface area contributed by atoms with Crippen LogP contribution in [0.1, 0.15) is 32.5 Å². The molecule has 2 N–H and O–H groups in total. The number of hydrogen-bond donors (Lipinski definition) is 2. The first kappa shape index (κ1) is 16.6. The van der Waals surface area contributed by atoms with E-state index in [0.717, 1.165) is 4.70 Å². The van der Waals surface area contributed by atoms with Gasteiger partial charge in [0.1, 0.15) is 17.9 Å². The van der Waals surface area contributed by atoms with Crippen molar-refractivity contribution in [3.05, 3.63) is 27.8 Å². The molecule has 0 aliphatic rings. The monoisotopic (exact) mass is 349 g/mol.